The summed E-state index contributed by atoms with van der Waals surface area (Å²) in [6.45, 7) is 1.75. The van der Waals surface area contributed by atoms with Gasteiger partial charge in [0, 0.05) is 23.8 Å². The van der Waals surface area contributed by atoms with Crippen LogP contribution < -0.4 is 0 Å². The molecule has 2 aromatic rings. The molecule has 7 nitrogen and oxygen atoms in total. The average Bonchev–Trinajstić information content (AvgIpc) is 3.08. The van der Waals surface area contributed by atoms with Gasteiger partial charge in [-0.25, -0.2) is 14.5 Å². The standard InChI is InChI=1S/C22H22N2O5S/c1-15(14-30-21(28)17-10-6-3-7-11-17)19(25)24-18(20(26)27)13-23(22(24)29)12-16-8-4-2-5-9-16/h2-11,15,18H,12-14H2,1H3,(H,26,27)/t15-,18+/m1/s1. The van der Waals surface area contributed by atoms with Gasteiger partial charge in [0.2, 0.25) is 11.0 Å². The summed E-state index contributed by atoms with van der Waals surface area (Å²) in [5.41, 5.74) is 1.37. The Hall–Kier alpha value is -3.13. The topological polar surface area (TPSA) is 95.0 Å². The molecule has 0 aliphatic carbocycles. The third-order valence-corrected chi connectivity index (χ3v) is 5.98. The monoisotopic (exact) mass is 426 g/mol. The van der Waals surface area contributed by atoms with E-state index in [1.165, 1.54) is 4.90 Å². The van der Waals surface area contributed by atoms with Gasteiger partial charge in [0.1, 0.15) is 0 Å². The van der Waals surface area contributed by atoms with Gasteiger partial charge in [0.05, 0.1) is 6.54 Å². The minimum absolute atomic E-state index is 0.0718. The number of hydrogen-bond donors (Lipinski definition) is 1. The van der Waals surface area contributed by atoms with Crippen LogP contribution in [0.4, 0.5) is 4.79 Å². The molecule has 0 unspecified atom stereocenters. The lowest BCUT2D eigenvalue weighted by atomic mass is 10.1. The molecule has 3 amide bonds. The maximum Gasteiger partial charge on any atom is 0.328 e. The van der Waals surface area contributed by atoms with Crippen molar-refractivity contribution in [3.05, 3.63) is 71.8 Å². The molecule has 156 valence electrons. The summed E-state index contributed by atoms with van der Waals surface area (Å²) in [6.07, 6.45) is 0. The van der Waals surface area contributed by atoms with E-state index in [-0.39, 0.29) is 24.0 Å². The second-order valence-electron chi connectivity index (χ2n) is 7.08. The number of benzene rings is 2. The zero-order chi connectivity index (χ0) is 21.7. The van der Waals surface area contributed by atoms with Gasteiger partial charge in [-0.05, 0) is 5.56 Å². The van der Waals surface area contributed by atoms with E-state index in [1.807, 2.05) is 30.3 Å². The minimum atomic E-state index is -1.24. The third kappa shape index (κ3) is 4.88. The van der Waals surface area contributed by atoms with Gasteiger partial charge in [-0.1, -0.05) is 79.3 Å². The smallest absolute Gasteiger partial charge is 0.328 e. The molecule has 1 saturated heterocycles. The molecule has 0 spiro atoms. The number of hydrogen-bond acceptors (Lipinski definition) is 5. The Labute approximate surface area is 178 Å². The number of imide groups is 1. The van der Waals surface area contributed by atoms with E-state index in [0.29, 0.717) is 5.56 Å². The molecule has 0 bridgehead atoms. The molecule has 1 fully saturated rings. The van der Waals surface area contributed by atoms with Crippen molar-refractivity contribution in [3.8, 4) is 0 Å². The number of aliphatic carboxylic acids is 1. The number of carbonyl (C=O) groups is 4. The summed E-state index contributed by atoms with van der Waals surface area (Å²) >= 11 is 0.980. The number of rotatable bonds is 7. The number of urea groups is 1. The van der Waals surface area contributed by atoms with Crippen LogP contribution in [0.25, 0.3) is 0 Å². The predicted molar refractivity (Wildman–Crippen MR) is 113 cm³/mol. The third-order valence-electron chi connectivity index (χ3n) is 4.82. The van der Waals surface area contributed by atoms with Crippen molar-refractivity contribution in [3.63, 3.8) is 0 Å². The maximum absolute atomic E-state index is 12.9. The van der Waals surface area contributed by atoms with Crippen LogP contribution in [-0.2, 0) is 16.1 Å². The molecular weight excluding hydrogens is 404 g/mol. The number of amides is 3. The van der Waals surface area contributed by atoms with E-state index in [4.69, 9.17) is 0 Å². The second-order valence-corrected chi connectivity index (χ2v) is 8.07. The molecule has 8 heteroatoms. The molecule has 0 radical (unpaired) electrons. The zero-order valence-corrected chi connectivity index (χ0v) is 17.2. The van der Waals surface area contributed by atoms with Gasteiger partial charge in [-0.3, -0.25) is 9.59 Å². The van der Waals surface area contributed by atoms with Gasteiger partial charge < -0.3 is 10.0 Å². The van der Waals surface area contributed by atoms with Crippen molar-refractivity contribution in [2.45, 2.75) is 19.5 Å². The highest BCUT2D eigenvalue weighted by Gasteiger charge is 2.46. The summed E-state index contributed by atoms with van der Waals surface area (Å²) in [5, 5.41) is 9.37. The van der Waals surface area contributed by atoms with E-state index >= 15 is 0 Å². The van der Waals surface area contributed by atoms with Crippen molar-refractivity contribution in [2.24, 2.45) is 5.92 Å². The minimum Gasteiger partial charge on any atom is -0.480 e. The fourth-order valence-corrected chi connectivity index (χ4v) is 4.04. The molecule has 1 aliphatic rings. The normalized spacial score (nSPS) is 17.1. The average molecular weight is 426 g/mol. The lowest BCUT2D eigenvalue weighted by Gasteiger charge is -2.22. The second kappa shape index (κ2) is 9.58. The first kappa shape index (κ1) is 21.6. The molecule has 1 heterocycles. The largest absolute Gasteiger partial charge is 0.480 e. The van der Waals surface area contributed by atoms with Gasteiger partial charge >= 0.3 is 12.0 Å². The molecule has 30 heavy (non-hydrogen) atoms. The van der Waals surface area contributed by atoms with E-state index < -0.39 is 29.9 Å². The Morgan fingerprint density at radius 1 is 1.07 bits per heavy atom. The Morgan fingerprint density at radius 2 is 1.67 bits per heavy atom. The highest BCUT2D eigenvalue weighted by Crippen LogP contribution is 2.24. The van der Waals surface area contributed by atoms with Crippen molar-refractivity contribution < 1.29 is 24.3 Å². The summed E-state index contributed by atoms with van der Waals surface area (Å²) in [6, 6.07) is 16.0. The molecule has 3 rings (SSSR count). The van der Waals surface area contributed by atoms with Crippen LogP contribution in [0.2, 0.25) is 0 Å². The fraction of sp³-hybridized carbons (Fsp3) is 0.273. The Bertz CT molecular complexity index is 935. The van der Waals surface area contributed by atoms with Gasteiger partial charge in [0.25, 0.3) is 0 Å². The lowest BCUT2D eigenvalue weighted by Crippen LogP contribution is -2.46. The molecule has 2 atom stereocenters. The highest BCUT2D eigenvalue weighted by molar-refractivity contribution is 8.14. The number of carboxylic acids is 1. The van der Waals surface area contributed by atoms with E-state index in [2.05, 4.69) is 0 Å². The van der Waals surface area contributed by atoms with Crippen molar-refractivity contribution in [1.29, 1.82) is 0 Å². The Balaban J connectivity index is 1.66. The first-order valence-corrected chi connectivity index (χ1v) is 10.5. The van der Waals surface area contributed by atoms with Crippen LogP contribution in [0.5, 0.6) is 0 Å². The van der Waals surface area contributed by atoms with E-state index in [9.17, 15) is 24.3 Å². The molecule has 0 aromatic heterocycles. The van der Waals surface area contributed by atoms with Crippen molar-refractivity contribution in [1.82, 2.24) is 9.80 Å². The number of thioether (sulfide) groups is 1. The molecule has 1 aliphatic heterocycles. The molecular formula is C22H22N2O5S. The van der Waals surface area contributed by atoms with Gasteiger partial charge in [-0.15, -0.1) is 0 Å². The molecule has 1 N–H and O–H groups in total. The molecule has 0 saturated carbocycles. The van der Waals surface area contributed by atoms with Crippen LogP contribution in [-0.4, -0.2) is 56.3 Å². The highest BCUT2D eigenvalue weighted by atomic mass is 32.2. The molecule has 2 aromatic carbocycles. The first-order chi connectivity index (χ1) is 14.4. The number of carbonyl (C=O) groups excluding carboxylic acids is 3. The van der Waals surface area contributed by atoms with E-state index in [0.717, 1.165) is 22.2 Å². The SMILES string of the molecule is C[C@H](CSC(=O)c1ccccc1)C(=O)N1C(=O)N(Cc2ccccc2)C[C@H]1C(=O)O. The Morgan fingerprint density at radius 3 is 2.27 bits per heavy atom. The maximum atomic E-state index is 12.9. The van der Waals surface area contributed by atoms with E-state index in [1.54, 1.807) is 37.3 Å². The van der Waals surface area contributed by atoms with Crippen molar-refractivity contribution in [2.75, 3.05) is 12.3 Å². The summed E-state index contributed by atoms with van der Waals surface area (Å²) < 4.78 is 0. The summed E-state index contributed by atoms with van der Waals surface area (Å²) in [5.74, 6) is -2.35. The Kier molecular flexibility index (Phi) is 6.89. The number of carboxylic acid groups (broad SMARTS) is 1. The van der Waals surface area contributed by atoms with Gasteiger partial charge in [-0.2, -0.15) is 0 Å². The first-order valence-electron chi connectivity index (χ1n) is 9.49. The zero-order valence-electron chi connectivity index (χ0n) is 16.4. The van der Waals surface area contributed by atoms with Crippen molar-refractivity contribution >= 4 is 34.8 Å². The van der Waals surface area contributed by atoms with Crippen LogP contribution in [0.3, 0.4) is 0 Å². The summed E-state index contributed by atoms with van der Waals surface area (Å²) in [4.78, 5) is 51.9. The van der Waals surface area contributed by atoms with Crippen LogP contribution >= 0.6 is 11.8 Å². The van der Waals surface area contributed by atoms with Crippen LogP contribution in [0.15, 0.2) is 60.7 Å². The number of nitrogens with zero attached hydrogens (tertiary/aromatic N) is 2. The van der Waals surface area contributed by atoms with Crippen LogP contribution in [0.1, 0.15) is 22.8 Å². The fourth-order valence-electron chi connectivity index (χ4n) is 3.19. The predicted octanol–water partition coefficient (Wildman–Crippen LogP) is 3.11. The lowest BCUT2D eigenvalue weighted by molar-refractivity contribution is -0.147. The quantitative estimate of drug-likeness (QED) is 0.731. The van der Waals surface area contributed by atoms with Gasteiger partial charge in [0.15, 0.2) is 6.04 Å². The van der Waals surface area contributed by atoms with Crippen LogP contribution in [0, 0.1) is 5.92 Å². The summed E-state index contributed by atoms with van der Waals surface area (Å²) in [7, 11) is 0.